The zero-order valence-electron chi connectivity index (χ0n) is 11.2. The van der Waals surface area contributed by atoms with E-state index in [2.05, 4.69) is 41.9 Å². The molecule has 0 amide bonds. The van der Waals surface area contributed by atoms with Crippen LogP contribution in [0.5, 0.6) is 0 Å². The van der Waals surface area contributed by atoms with Gasteiger partial charge in [-0.3, -0.25) is 0 Å². The van der Waals surface area contributed by atoms with Crippen LogP contribution >= 0.6 is 0 Å². The average Bonchev–Trinajstić information content (AvgIpc) is 2.30. The molecule has 0 unspecified atom stereocenters. The molecule has 0 atom stereocenters. The van der Waals surface area contributed by atoms with Gasteiger partial charge in [-0.05, 0) is 51.4 Å². The molecular formula is C14H23N3. The van der Waals surface area contributed by atoms with Crippen LogP contribution in [0.2, 0.25) is 0 Å². The van der Waals surface area contributed by atoms with E-state index in [1.165, 1.54) is 30.8 Å². The lowest BCUT2D eigenvalue weighted by Crippen LogP contribution is -2.37. The molecule has 0 spiro atoms. The van der Waals surface area contributed by atoms with Gasteiger partial charge in [-0.25, -0.2) is 4.98 Å². The number of nitrogens with zero attached hydrogens (tertiary/aromatic N) is 3. The normalized spacial score (nSPS) is 17.8. The molecule has 1 fully saturated rings. The molecule has 3 nitrogen and oxygen atoms in total. The Labute approximate surface area is 104 Å². The standard InChI is InChI=1S/C14H23N3/c1-12-5-4-8-15-14(12)17-9-6-13(7-10-17)11-16(2)3/h4-5,8,13H,6-7,9-11H2,1-3H3. The zero-order valence-corrected chi connectivity index (χ0v) is 11.2. The van der Waals surface area contributed by atoms with Crippen LogP contribution in [0.15, 0.2) is 18.3 Å². The molecule has 1 aromatic rings. The summed E-state index contributed by atoms with van der Waals surface area (Å²) in [5.74, 6) is 2.03. The van der Waals surface area contributed by atoms with Gasteiger partial charge >= 0.3 is 0 Å². The SMILES string of the molecule is Cc1cccnc1N1CCC(CN(C)C)CC1. The third-order valence-electron chi connectivity index (χ3n) is 3.52. The maximum absolute atomic E-state index is 4.50. The first kappa shape index (κ1) is 12.4. The second kappa shape index (κ2) is 5.50. The molecule has 0 bridgehead atoms. The predicted octanol–water partition coefficient (Wildman–Crippen LogP) is 2.17. The van der Waals surface area contributed by atoms with Crippen molar-refractivity contribution in [1.29, 1.82) is 0 Å². The number of aryl methyl sites for hydroxylation is 1. The van der Waals surface area contributed by atoms with Gasteiger partial charge in [0.15, 0.2) is 0 Å². The molecule has 0 aromatic carbocycles. The van der Waals surface area contributed by atoms with Gasteiger partial charge in [-0.1, -0.05) is 6.07 Å². The van der Waals surface area contributed by atoms with E-state index < -0.39 is 0 Å². The molecule has 0 radical (unpaired) electrons. The van der Waals surface area contributed by atoms with E-state index in [0.29, 0.717) is 0 Å². The topological polar surface area (TPSA) is 19.4 Å². The summed E-state index contributed by atoms with van der Waals surface area (Å²) in [6, 6.07) is 4.16. The fourth-order valence-electron chi connectivity index (χ4n) is 2.65. The molecule has 94 valence electrons. The summed E-state index contributed by atoms with van der Waals surface area (Å²) in [5.41, 5.74) is 1.29. The number of rotatable bonds is 3. The fourth-order valence-corrected chi connectivity index (χ4v) is 2.65. The number of piperidine rings is 1. The lowest BCUT2D eigenvalue weighted by molar-refractivity contribution is 0.284. The van der Waals surface area contributed by atoms with Crippen molar-refractivity contribution in [3.63, 3.8) is 0 Å². The van der Waals surface area contributed by atoms with Gasteiger partial charge < -0.3 is 9.80 Å². The average molecular weight is 233 g/mol. The van der Waals surface area contributed by atoms with Crippen molar-refractivity contribution >= 4 is 5.82 Å². The number of hydrogen-bond acceptors (Lipinski definition) is 3. The van der Waals surface area contributed by atoms with Crippen molar-refractivity contribution < 1.29 is 0 Å². The summed E-state index contributed by atoms with van der Waals surface area (Å²) in [5, 5.41) is 0. The van der Waals surface area contributed by atoms with Crippen LogP contribution in [0.25, 0.3) is 0 Å². The Morgan fingerprint density at radius 3 is 2.65 bits per heavy atom. The lowest BCUT2D eigenvalue weighted by Gasteiger charge is -2.34. The molecule has 17 heavy (non-hydrogen) atoms. The van der Waals surface area contributed by atoms with Gasteiger partial charge in [0.2, 0.25) is 0 Å². The second-order valence-electron chi connectivity index (χ2n) is 5.34. The zero-order chi connectivity index (χ0) is 12.3. The summed E-state index contributed by atoms with van der Waals surface area (Å²) in [6.07, 6.45) is 4.47. The smallest absolute Gasteiger partial charge is 0.131 e. The van der Waals surface area contributed by atoms with Crippen LogP contribution < -0.4 is 4.90 Å². The van der Waals surface area contributed by atoms with Crippen molar-refractivity contribution in [3.05, 3.63) is 23.9 Å². The van der Waals surface area contributed by atoms with Crippen LogP contribution in [0, 0.1) is 12.8 Å². The third kappa shape index (κ3) is 3.19. The first-order chi connectivity index (χ1) is 8.16. The van der Waals surface area contributed by atoms with Crippen molar-refractivity contribution in [3.8, 4) is 0 Å². The molecule has 2 rings (SSSR count). The molecule has 0 saturated carbocycles. The molecule has 1 saturated heterocycles. The van der Waals surface area contributed by atoms with Gasteiger partial charge in [0.25, 0.3) is 0 Å². The van der Waals surface area contributed by atoms with E-state index in [4.69, 9.17) is 0 Å². The number of hydrogen-bond donors (Lipinski definition) is 0. The van der Waals surface area contributed by atoms with Gasteiger partial charge in [-0.15, -0.1) is 0 Å². The highest BCUT2D eigenvalue weighted by atomic mass is 15.2. The predicted molar refractivity (Wildman–Crippen MR) is 72.5 cm³/mol. The van der Waals surface area contributed by atoms with Crippen molar-refractivity contribution in [2.45, 2.75) is 19.8 Å². The van der Waals surface area contributed by atoms with E-state index >= 15 is 0 Å². The van der Waals surface area contributed by atoms with Gasteiger partial charge in [0.05, 0.1) is 0 Å². The minimum absolute atomic E-state index is 0.852. The van der Waals surface area contributed by atoms with Crippen molar-refractivity contribution in [2.75, 3.05) is 38.6 Å². The Balaban J connectivity index is 1.93. The van der Waals surface area contributed by atoms with Crippen LogP contribution in [0.4, 0.5) is 5.82 Å². The number of pyridine rings is 1. The van der Waals surface area contributed by atoms with E-state index in [-0.39, 0.29) is 0 Å². The largest absolute Gasteiger partial charge is 0.356 e. The van der Waals surface area contributed by atoms with Crippen LogP contribution in [-0.4, -0.2) is 43.6 Å². The van der Waals surface area contributed by atoms with Gasteiger partial charge in [0, 0.05) is 25.8 Å². The molecule has 2 heterocycles. The summed E-state index contributed by atoms with van der Waals surface area (Å²) >= 11 is 0. The molecule has 0 N–H and O–H groups in total. The first-order valence-corrected chi connectivity index (χ1v) is 6.48. The molecule has 1 aliphatic rings. The highest BCUT2D eigenvalue weighted by Crippen LogP contribution is 2.24. The number of anilines is 1. The molecule has 1 aliphatic heterocycles. The minimum Gasteiger partial charge on any atom is -0.356 e. The summed E-state index contributed by atoms with van der Waals surface area (Å²) in [6.45, 7) is 5.66. The molecular weight excluding hydrogens is 210 g/mol. The Morgan fingerprint density at radius 1 is 1.35 bits per heavy atom. The Kier molecular flexibility index (Phi) is 4.00. The maximum Gasteiger partial charge on any atom is 0.131 e. The van der Waals surface area contributed by atoms with Crippen molar-refractivity contribution in [1.82, 2.24) is 9.88 Å². The summed E-state index contributed by atoms with van der Waals surface area (Å²) in [4.78, 5) is 9.23. The van der Waals surface area contributed by atoms with E-state index in [0.717, 1.165) is 19.0 Å². The molecule has 3 heteroatoms. The highest BCUT2D eigenvalue weighted by molar-refractivity contribution is 5.46. The van der Waals surface area contributed by atoms with Gasteiger partial charge in [0.1, 0.15) is 5.82 Å². The first-order valence-electron chi connectivity index (χ1n) is 6.48. The van der Waals surface area contributed by atoms with Crippen LogP contribution in [-0.2, 0) is 0 Å². The summed E-state index contributed by atoms with van der Waals surface area (Å²) in [7, 11) is 4.32. The third-order valence-corrected chi connectivity index (χ3v) is 3.52. The summed E-state index contributed by atoms with van der Waals surface area (Å²) < 4.78 is 0. The van der Waals surface area contributed by atoms with Crippen molar-refractivity contribution in [2.24, 2.45) is 5.92 Å². The lowest BCUT2D eigenvalue weighted by atomic mass is 9.96. The Morgan fingerprint density at radius 2 is 2.06 bits per heavy atom. The molecule has 0 aliphatic carbocycles. The number of aromatic nitrogens is 1. The Hall–Kier alpha value is -1.09. The monoisotopic (exact) mass is 233 g/mol. The van der Waals surface area contributed by atoms with Crippen LogP contribution in [0.3, 0.4) is 0 Å². The minimum atomic E-state index is 0.852. The fraction of sp³-hybridized carbons (Fsp3) is 0.643. The molecule has 1 aromatic heterocycles. The second-order valence-corrected chi connectivity index (χ2v) is 5.34. The quantitative estimate of drug-likeness (QED) is 0.797. The van der Waals surface area contributed by atoms with E-state index in [1.54, 1.807) is 0 Å². The van der Waals surface area contributed by atoms with Crippen LogP contribution in [0.1, 0.15) is 18.4 Å². The maximum atomic E-state index is 4.50. The van der Waals surface area contributed by atoms with Gasteiger partial charge in [-0.2, -0.15) is 0 Å². The Bertz CT molecular complexity index is 354. The highest BCUT2D eigenvalue weighted by Gasteiger charge is 2.21. The van der Waals surface area contributed by atoms with E-state index in [9.17, 15) is 0 Å². The van der Waals surface area contributed by atoms with E-state index in [1.807, 2.05) is 12.3 Å².